The Morgan fingerprint density at radius 3 is 2.04 bits per heavy atom. The van der Waals surface area contributed by atoms with Crippen LogP contribution in [0.15, 0.2) is 53.0 Å². The second kappa shape index (κ2) is 7.23. The van der Waals surface area contributed by atoms with E-state index in [-0.39, 0.29) is 12.5 Å². The maximum atomic E-state index is 12.1. The number of hydrogen-bond acceptors (Lipinski definition) is 3. The quantitative estimate of drug-likeness (QED) is 0.707. The molecule has 0 aliphatic carbocycles. The Labute approximate surface area is 155 Å². The van der Waals surface area contributed by atoms with Crippen molar-refractivity contribution in [2.45, 2.75) is 25.0 Å². The molecule has 24 heavy (non-hydrogen) atoms. The second-order valence-corrected chi connectivity index (χ2v) is 7.63. The van der Waals surface area contributed by atoms with Gasteiger partial charge in [-0.3, -0.25) is 4.79 Å². The molecule has 4 nitrogen and oxygen atoms in total. The zero-order valence-electron chi connectivity index (χ0n) is 13.5. The van der Waals surface area contributed by atoms with Crippen LogP contribution in [0.5, 0.6) is 0 Å². The molecule has 2 aromatic rings. The van der Waals surface area contributed by atoms with E-state index in [9.17, 15) is 9.90 Å². The fraction of sp³-hybridized carbons (Fsp3) is 0.278. The van der Waals surface area contributed by atoms with E-state index < -0.39 is 11.1 Å². The first-order valence-corrected chi connectivity index (χ1v) is 8.62. The average molecular weight is 412 g/mol. The Bertz CT molecular complexity index is 664. The molecule has 0 bridgehead atoms. The normalized spacial score (nSPS) is 14.1. The molecule has 128 valence electrons. The van der Waals surface area contributed by atoms with E-state index in [1.54, 1.807) is 50.2 Å². The summed E-state index contributed by atoms with van der Waals surface area (Å²) >= 11 is 9.32. The highest BCUT2D eigenvalue weighted by molar-refractivity contribution is 9.10. The van der Waals surface area contributed by atoms with Crippen molar-refractivity contribution in [3.8, 4) is 0 Å². The molecule has 0 aliphatic heterocycles. The minimum Gasteiger partial charge on any atom is -0.379 e. The highest BCUT2D eigenvalue weighted by Crippen LogP contribution is 2.31. The monoisotopic (exact) mass is 410 g/mol. The van der Waals surface area contributed by atoms with Crippen molar-refractivity contribution in [1.29, 1.82) is 0 Å². The zero-order valence-corrected chi connectivity index (χ0v) is 15.9. The Kier molecular flexibility index (Phi) is 5.71. The average Bonchev–Trinajstić information content (AvgIpc) is 2.52. The Morgan fingerprint density at radius 1 is 1.12 bits per heavy atom. The van der Waals surface area contributed by atoms with Crippen LogP contribution in [0.4, 0.5) is 0 Å². The number of benzene rings is 2. The molecule has 1 amide bonds. The van der Waals surface area contributed by atoms with E-state index in [4.69, 9.17) is 17.3 Å². The predicted molar refractivity (Wildman–Crippen MR) is 99.9 cm³/mol. The van der Waals surface area contributed by atoms with Crippen LogP contribution >= 0.6 is 27.5 Å². The summed E-state index contributed by atoms with van der Waals surface area (Å²) < 4.78 is 0.900. The highest BCUT2D eigenvalue weighted by Gasteiger charge is 2.33. The molecule has 2 aromatic carbocycles. The van der Waals surface area contributed by atoms with Gasteiger partial charge in [0.1, 0.15) is 5.60 Å². The molecule has 0 aliphatic rings. The van der Waals surface area contributed by atoms with Gasteiger partial charge < -0.3 is 16.2 Å². The number of nitrogens with two attached hydrogens (primary N) is 1. The van der Waals surface area contributed by atoms with Gasteiger partial charge in [0, 0.05) is 9.50 Å². The van der Waals surface area contributed by atoms with Crippen molar-refractivity contribution >= 4 is 33.4 Å². The molecule has 0 fully saturated rings. The van der Waals surface area contributed by atoms with E-state index >= 15 is 0 Å². The summed E-state index contributed by atoms with van der Waals surface area (Å²) in [6.45, 7) is 3.22. The summed E-state index contributed by atoms with van der Waals surface area (Å²) in [7, 11) is 0. The standard InChI is InChI=1S/C18H20BrClN2O2/c1-17(2,21)16(23)22-11-18(24,12-3-7-14(19)8-4-12)13-5-9-15(20)10-6-13/h3-10,24H,11,21H2,1-2H3,(H,22,23). The van der Waals surface area contributed by atoms with Crippen LogP contribution in [0.1, 0.15) is 25.0 Å². The summed E-state index contributed by atoms with van der Waals surface area (Å²) in [5, 5.41) is 14.6. The zero-order chi connectivity index (χ0) is 18.0. The van der Waals surface area contributed by atoms with Gasteiger partial charge in [-0.25, -0.2) is 0 Å². The summed E-state index contributed by atoms with van der Waals surface area (Å²) in [6.07, 6.45) is 0. The van der Waals surface area contributed by atoms with Gasteiger partial charge in [-0.2, -0.15) is 0 Å². The summed E-state index contributed by atoms with van der Waals surface area (Å²) in [6, 6.07) is 14.2. The van der Waals surface area contributed by atoms with Crippen LogP contribution in [0, 0.1) is 0 Å². The number of rotatable bonds is 5. The summed E-state index contributed by atoms with van der Waals surface area (Å²) in [5.41, 5.74) is 4.67. The van der Waals surface area contributed by atoms with Crippen molar-refractivity contribution in [1.82, 2.24) is 5.32 Å². The highest BCUT2D eigenvalue weighted by atomic mass is 79.9. The summed E-state index contributed by atoms with van der Waals surface area (Å²) in [5.74, 6) is -0.341. The van der Waals surface area contributed by atoms with Gasteiger partial charge in [0.2, 0.25) is 5.91 Å². The SMILES string of the molecule is CC(C)(N)C(=O)NCC(O)(c1ccc(Cl)cc1)c1ccc(Br)cc1. The second-order valence-electron chi connectivity index (χ2n) is 6.28. The number of carbonyl (C=O) groups is 1. The van der Waals surface area contributed by atoms with Crippen LogP contribution in [0.2, 0.25) is 5.02 Å². The number of aliphatic hydroxyl groups is 1. The molecular formula is C18H20BrClN2O2. The molecule has 0 spiro atoms. The minimum absolute atomic E-state index is 0.00424. The van der Waals surface area contributed by atoms with Gasteiger partial charge in [0.15, 0.2) is 0 Å². The smallest absolute Gasteiger partial charge is 0.239 e. The van der Waals surface area contributed by atoms with Gasteiger partial charge in [-0.05, 0) is 49.2 Å². The van der Waals surface area contributed by atoms with Gasteiger partial charge >= 0.3 is 0 Å². The molecule has 1 atom stereocenters. The van der Waals surface area contributed by atoms with E-state index in [2.05, 4.69) is 21.2 Å². The van der Waals surface area contributed by atoms with Crippen molar-refractivity contribution in [2.75, 3.05) is 6.54 Å². The van der Waals surface area contributed by atoms with E-state index in [0.29, 0.717) is 16.1 Å². The van der Waals surface area contributed by atoms with E-state index in [1.165, 1.54) is 0 Å². The number of hydrogen-bond donors (Lipinski definition) is 3. The number of halogens is 2. The topological polar surface area (TPSA) is 75.4 Å². The molecule has 0 heterocycles. The Morgan fingerprint density at radius 2 is 1.58 bits per heavy atom. The lowest BCUT2D eigenvalue weighted by atomic mass is 9.86. The van der Waals surface area contributed by atoms with Gasteiger partial charge in [0.05, 0.1) is 12.1 Å². The first-order chi connectivity index (χ1) is 11.1. The third-order valence-corrected chi connectivity index (χ3v) is 4.51. The Balaban J connectivity index is 2.39. The van der Waals surface area contributed by atoms with Crippen LogP contribution in [-0.4, -0.2) is 23.1 Å². The molecular weight excluding hydrogens is 392 g/mol. The number of amides is 1. The van der Waals surface area contributed by atoms with Crippen molar-refractivity contribution in [3.05, 3.63) is 69.2 Å². The minimum atomic E-state index is -1.40. The molecule has 0 saturated carbocycles. The largest absolute Gasteiger partial charge is 0.379 e. The molecule has 0 aromatic heterocycles. The maximum Gasteiger partial charge on any atom is 0.239 e. The van der Waals surface area contributed by atoms with Crippen LogP contribution < -0.4 is 11.1 Å². The lowest BCUT2D eigenvalue weighted by Gasteiger charge is -2.31. The molecule has 1 unspecified atom stereocenters. The maximum absolute atomic E-state index is 12.1. The molecule has 6 heteroatoms. The molecule has 2 rings (SSSR count). The van der Waals surface area contributed by atoms with Gasteiger partial charge in [0.25, 0.3) is 0 Å². The van der Waals surface area contributed by atoms with E-state index in [0.717, 1.165) is 4.47 Å². The number of carbonyl (C=O) groups excluding carboxylic acids is 1. The third-order valence-electron chi connectivity index (χ3n) is 3.73. The lowest BCUT2D eigenvalue weighted by molar-refractivity contribution is -0.126. The fourth-order valence-corrected chi connectivity index (χ4v) is 2.65. The summed E-state index contributed by atoms with van der Waals surface area (Å²) in [4.78, 5) is 12.1. The molecule has 0 saturated heterocycles. The lowest BCUT2D eigenvalue weighted by Crippen LogP contribution is -2.52. The predicted octanol–water partition coefficient (Wildman–Crippen LogP) is 3.19. The third kappa shape index (κ3) is 4.36. The first-order valence-electron chi connectivity index (χ1n) is 7.44. The molecule has 0 radical (unpaired) electrons. The van der Waals surface area contributed by atoms with Crippen molar-refractivity contribution < 1.29 is 9.90 Å². The first kappa shape index (κ1) is 18.9. The fourth-order valence-electron chi connectivity index (χ4n) is 2.26. The number of nitrogens with one attached hydrogen (secondary N) is 1. The van der Waals surface area contributed by atoms with E-state index in [1.807, 2.05) is 12.1 Å². The van der Waals surface area contributed by atoms with Crippen molar-refractivity contribution in [3.63, 3.8) is 0 Å². The van der Waals surface area contributed by atoms with Crippen LogP contribution in [0.3, 0.4) is 0 Å². The van der Waals surface area contributed by atoms with Crippen LogP contribution in [-0.2, 0) is 10.4 Å². The van der Waals surface area contributed by atoms with Crippen LogP contribution in [0.25, 0.3) is 0 Å². The Hall–Kier alpha value is -1.40. The van der Waals surface area contributed by atoms with Gasteiger partial charge in [-0.15, -0.1) is 0 Å². The van der Waals surface area contributed by atoms with Gasteiger partial charge in [-0.1, -0.05) is 51.8 Å². The van der Waals surface area contributed by atoms with Crippen molar-refractivity contribution in [2.24, 2.45) is 5.73 Å². The molecule has 4 N–H and O–H groups in total.